The van der Waals surface area contributed by atoms with Gasteiger partial charge in [-0.3, -0.25) is 4.79 Å². The molecule has 0 spiro atoms. The van der Waals surface area contributed by atoms with Gasteiger partial charge in [-0.05, 0) is 37.3 Å². The van der Waals surface area contributed by atoms with E-state index in [0.717, 1.165) is 6.42 Å². The zero-order chi connectivity index (χ0) is 13.4. The first kappa shape index (κ1) is 12.3. The molecule has 19 heavy (non-hydrogen) atoms. The summed E-state index contributed by atoms with van der Waals surface area (Å²) in [4.78, 5) is 17.4. The molecule has 6 heteroatoms. The number of nitrogens with zero attached hydrogens (tertiary/aromatic N) is 2. The van der Waals surface area contributed by atoms with Crippen LogP contribution in [0.3, 0.4) is 0 Å². The van der Waals surface area contributed by atoms with E-state index >= 15 is 0 Å². The Morgan fingerprint density at radius 1 is 1.63 bits per heavy atom. The molecule has 1 N–H and O–H groups in total. The molecule has 3 unspecified atom stereocenters. The van der Waals surface area contributed by atoms with Crippen LogP contribution in [0.1, 0.15) is 41.6 Å². The molecule has 0 bridgehead atoms. The summed E-state index contributed by atoms with van der Waals surface area (Å²) in [5.74, 6) is 1.07. The highest BCUT2D eigenvalue weighted by molar-refractivity contribution is 7.10. The van der Waals surface area contributed by atoms with Crippen molar-refractivity contribution in [3.05, 3.63) is 34.1 Å². The first-order valence-corrected chi connectivity index (χ1v) is 7.15. The monoisotopic (exact) mass is 277 g/mol. The molecule has 100 valence electrons. The average molecular weight is 277 g/mol. The average Bonchev–Trinajstić information content (AvgIpc) is 2.81. The second-order valence-electron chi connectivity index (χ2n) is 4.94. The largest absolute Gasteiger partial charge is 0.346 e. The third kappa shape index (κ3) is 2.40. The van der Waals surface area contributed by atoms with Crippen LogP contribution in [-0.2, 0) is 4.79 Å². The fourth-order valence-electron chi connectivity index (χ4n) is 2.29. The highest BCUT2D eigenvalue weighted by Crippen LogP contribution is 2.50. The fraction of sp³-hybridized carbons (Fsp3) is 0.462. The van der Waals surface area contributed by atoms with Gasteiger partial charge < -0.3 is 9.84 Å². The highest BCUT2D eigenvalue weighted by Gasteiger charge is 2.45. The third-order valence-electron chi connectivity index (χ3n) is 3.49. The van der Waals surface area contributed by atoms with Gasteiger partial charge in [0.05, 0.1) is 6.04 Å². The van der Waals surface area contributed by atoms with Crippen molar-refractivity contribution in [2.75, 3.05) is 0 Å². The number of nitrogens with one attached hydrogen (secondary N) is 1. The minimum atomic E-state index is -0.211. The van der Waals surface area contributed by atoms with Crippen molar-refractivity contribution in [3.8, 4) is 0 Å². The first-order valence-electron chi connectivity index (χ1n) is 6.27. The molecule has 2 aromatic heterocycles. The summed E-state index contributed by atoms with van der Waals surface area (Å²) in [6.45, 7) is 3.96. The Bertz CT molecular complexity index is 578. The van der Waals surface area contributed by atoms with Crippen molar-refractivity contribution in [3.63, 3.8) is 0 Å². The maximum absolute atomic E-state index is 12.1. The molecule has 0 radical (unpaired) electrons. The number of carbonyl (C=O) groups excluding carboxylic acids is 1. The summed E-state index contributed by atoms with van der Waals surface area (Å²) in [6, 6.07) is 1.90. The number of thiophene rings is 1. The molecule has 1 aliphatic rings. The summed E-state index contributed by atoms with van der Waals surface area (Å²) >= 11 is 1.74. The van der Waals surface area contributed by atoms with Crippen LogP contribution < -0.4 is 5.32 Å². The lowest BCUT2D eigenvalue weighted by Gasteiger charge is -2.09. The van der Waals surface area contributed by atoms with Crippen molar-refractivity contribution in [1.82, 2.24) is 15.5 Å². The smallest absolute Gasteiger partial charge is 0.224 e. The number of aromatic nitrogens is 2. The zero-order valence-electron chi connectivity index (χ0n) is 10.8. The van der Waals surface area contributed by atoms with Crippen molar-refractivity contribution in [2.45, 2.75) is 32.2 Å². The van der Waals surface area contributed by atoms with E-state index in [2.05, 4.69) is 38.4 Å². The van der Waals surface area contributed by atoms with Crippen LogP contribution in [0.25, 0.3) is 0 Å². The van der Waals surface area contributed by atoms with Gasteiger partial charge in [0, 0.05) is 16.7 Å². The van der Waals surface area contributed by atoms with Gasteiger partial charge in [-0.1, -0.05) is 5.16 Å². The molecule has 3 rings (SSSR count). The van der Waals surface area contributed by atoms with Crippen LogP contribution in [0.4, 0.5) is 0 Å². The van der Waals surface area contributed by atoms with Crippen LogP contribution >= 0.6 is 11.3 Å². The standard InChI is InChI=1S/C13H15N3O2S/c1-7-3-4-19-11(7)9-5-10(9)13(17)15-8(2)12-14-6-18-16-12/h3-4,6,8-10H,5H2,1-2H3,(H,15,17). The van der Waals surface area contributed by atoms with E-state index in [9.17, 15) is 4.79 Å². The van der Waals surface area contributed by atoms with Gasteiger partial charge in [-0.15, -0.1) is 11.3 Å². The molecule has 2 heterocycles. The van der Waals surface area contributed by atoms with E-state index in [1.807, 2.05) is 6.92 Å². The maximum atomic E-state index is 12.1. The minimum absolute atomic E-state index is 0.0788. The minimum Gasteiger partial charge on any atom is -0.346 e. The van der Waals surface area contributed by atoms with Crippen molar-refractivity contribution >= 4 is 17.2 Å². The van der Waals surface area contributed by atoms with Gasteiger partial charge >= 0.3 is 0 Å². The molecular formula is C13H15N3O2S. The molecule has 1 aliphatic carbocycles. The Kier molecular flexibility index (Phi) is 3.10. The van der Waals surface area contributed by atoms with Gasteiger partial charge in [0.1, 0.15) is 0 Å². The molecule has 0 aromatic carbocycles. The van der Waals surface area contributed by atoms with Gasteiger partial charge in [0.25, 0.3) is 0 Å². The Morgan fingerprint density at radius 2 is 2.47 bits per heavy atom. The zero-order valence-corrected chi connectivity index (χ0v) is 11.6. The van der Waals surface area contributed by atoms with Crippen molar-refractivity contribution < 1.29 is 9.32 Å². The summed E-state index contributed by atoms with van der Waals surface area (Å²) in [5.41, 5.74) is 1.29. The van der Waals surface area contributed by atoms with Crippen LogP contribution in [0, 0.1) is 12.8 Å². The second kappa shape index (κ2) is 4.77. The quantitative estimate of drug-likeness (QED) is 0.932. The van der Waals surface area contributed by atoms with E-state index in [0.29, 0.717) is 11.7 Å². The highest BCUT2D eigenvalue weighted by atomic mass is 32.1. The molecule has 5 nitrogen and oxygen atoms in total. The van der Waals surface area contributed by atoms with Gasteiger partial charge in [-0.25, -0.2) is 0 Å². The van der Waals surface area contributed by atoms with Crippen LogP contribution in [0.5, 0.6) is 0 Å². The van der Waals surface area contributed by atoms with E-state index in [4.69, 9.17) is 0 Å². The number of carbonyl (C=O) groups is 1. The number of aryl methyl sites for hydroxylation is 1. The fourth-order valence-corrected chi connectivity index (χ4v) is 3.40. The lowest BCUT2D eigenvalue weighted by atomic mass is 10.2. The van der Waals surface area contributed by atoms with Gasteiger partial charge in [-0.2, -0.15) is 4.98 Å². The Morgan fingerprint density at radius 3 is 3.11 bits per heavy atom. The van der Waals surface area contributed by atoms with Crippen LogP contribution in [0.2, 0.25) is 0 Å². The predicted octanol–water partition coefficient (Wildman–Crippen LogP) is 2.42. The van der Waals surface area contributed by atoms with Gasteiger partial charge in [0.2, 0.25) is 12.3 Å². The molecule has 2 aromatic rings. The Balaban J connectivity index is 1.60. The van der Waals surface area contributed by atoms with E-state index in [1.54, 1.807) is 11.3 Å². The lowest BCUT2D eigenvalue weighted by Crippen LogP contribution is -2.29. The molecule has 1 fully saturated rings. The Hall–Kier alpha value is -1.69. The lowest BCUT2D eigenvalue weighted by molar-refractivity contribution is -0.123. The predicted molar refractivity (Wildman–Crippen MR) is 70.8 cm³/mol. The van der Waals surface area contributed by atoms with Crippen LogP contribution in [-0.4, -0.2) is 16.0 Å². The number of hydrogen-bond donors (Lipinski definition) is 1. The number of hydrogen-bond acceptors (Lipinski definition) is 5. The summed E-state index contributed by atoms with van der Waals surface area (Å²) in [6.07, 6.45) is 2.21. The molecular weight excluding hydrogens is 262 g/mol. The second-order valence-corrected chi connectivity index (χ2v) is 5.88. The Labute approximate surface area is 115 Å². The first-order chi connectivity index (χ1) is 9.16. The van der Waals surface area contributed by atoms with Crippen LogP contribution in [0.15, 0.2) is 22.4 Å². The van der Waals surface area contributed by atoms with E-state index in [1.165, 1.54) is 16.8 Å². The SMILES string of the molecule is Cc1ccsc1C1CC1C(=O)NC(C)c1ncon1. The molecule has 0 aliphatic heterocycles. The van der Waals surface area contributed by atoms with Crippen molar-refractivity contribution in [2.24, 2.45) is 5.92 Å². The van der Waals surface area contributed by atoms with Gasteiger partial charge in [0.15, 0.2) is 5.82 Å². The number of amides is 1. The summed E-state index contributed by atoms with van der Waals surface area (Å²) in [7, 11) is 0. The third-order valence-corrected chi connectivity index (χ3v) is 4.64. The van der Waals surface area contributed by atoms with E-state index < -0.39 is 0 Å². The van der Waals surface area contributed by atoms with Crippen molar-refractivity contribution in [1.29, 1.82) is 0 Å². The molecule has 3 atom stereocenters. The molecule has 0 saturated heterocycles. The molecule has 1 saturated carbocycles. The normalized spacial score (nSPS) is 23.1. The summed E-state index contributed by atoms with van der Waals surface area (Å²) < 4.78 is 4.68. The van der Waals surface area contributed by atoms with E-state index in [-0.39, 0.29) is 17.9 Å². The number of rotatable bonds is 4. The summed E-state index contributed by atoms with van der Waals surface area (Å²) in [5, 5.41) is 8.75. The topological polar surface area (TPSA) is 68.0 Å². The molecule has 1 amide bonds. The maximum Gasteiger partial charge on any atom is 0.224 e.